The molecule has 0 aliphatic heterocycles. The summed E-state index contributed by atoms with van der Waals surface area (Å²) in [5.74, 6) is -1.47. The Balaban J connectivity index is 2.35. The summed E-state index contributed by atoms with van der Waals surface area (Å²) < 4.78 is 39.2. The van der Waals surface area contributed by atoms with E-state index in [0.29, 0.717) is 10.6 Å². The predicted molar refractivity (Wildman–Crippen MR) is 85.4 cm³/mol. The maximum absolute atomic E-state index is 13.0. The Morgan fingerprint density at radius 2 is 1.71 bits per heavy atom. The number of carbonyl (C=O) groups is 1. The summed E-state index contributed by atoms with van der Waals surface area (Å²) in [6.45, 7) is -0.719. The molecular formula is C15H14ClFN2O4S. The van der Waals surface area contributed by atoms with E-state index in [1.165, 1.54) is 5.48 Å². The van der Waals surface area contributed by atoms with Crippen LogP contribution in [-0.4, -0.2) is 30.4 Å². The van der Waals surface area contributed by atoms with E-state index in [1.807, 2.05) is 0 Å². The van der Waals surface area contributed by atoms with Gasteiger partial charge in [0.15, 0.2) is 0 Å². The maximum Gasteiger partial charge on any atom is 0.258 e. The monoisotopic (exact) mass is 372 g/mol. The minimum Gasteiger partial charge on any atom is -0.289 e. The summed E-state index contributed by atoms with van der Waals surface area (Å²) in [5, 5.41) is 9.16. The molecule has 0 spiro atoms. The average molecular weight is 373 g/mol. The van der Waals surface area contributed by atoms with Crippen molar-refractivity contribution < 1.29 is 22.8 Å². The molecule has 0 saturated carbocycles. The van der Waals surface area contributed by atoms with E-state index in [-0.39, 0.29) is 11.4 Å². The molecule has 2 N–H and O–H groups in total. The van der Waals surface area contributed by atoms with Gasteiger partial charge in [0.2, 0.25) is 10.0 Å². The normalized spacial score (nSPS) is 11.5. The van der Waals surface area contributed by atoms with Crippen molar-refractivity contribution in [3.63, 3.8) is 0 Å². The summed E-state index contributed by atoms with van der Waals surface area (Å²) in [4.78, 5) is 11.3. The van der Waals surface area contributed by atoms with Crippen molar-refractivity contribution in [3.8, 4) is 0 Å². The Labute approximate surface area is 143 Å². The Kier molecular flexibility index (Phi) is 5.89. The molecule has 1 amide bonds. The number of carbonyl (C=O) groups excluding carboxylic acids is 1. The van der Waals surface area contributed by atoms with E-state index < -0.39 is 28.3 Å². The first-order valence-electron chi connectivity index (χ1n) is 6.76. The highest BCUT2D eigenvalue weighted by Gasteiger charge is 2.26. The summed E-state index contributed by atoms with van der Waals surface area (Å²) in [6.07, 6.45) is 0. The summed E-state index contributed by atoms with van der Waals surface area (Å²) in [6, 6.07) is 10.7. The SMILES string of the molecule is O=C(CN(Cc1ccc(Cl)cc1)S(=O)(=O)c1ccc(F)cc1)NO. The zero-order valence-corrected chi connectivity index (χ0v) is 13.9. The van der Waals surface area contributed by atoms with Gasteiger partial charge in [-0.1, -0.05) is 23.7 Å². The van der Waals surface area contributed by atoms with Crippen molar-refractivity contribution in [2.75, 3.05) is 6.54 Å². The molecule has 128 valence electrons. The van der Waals surface area contributed by atoms with Crippen molar-refractivity contribution in [2.24, 2.45) is 0 Å². The number of hydroxylamine groups is 1. The third-order valence-corrected chi connectivity index (χ3v) is 5.23. The fraction of sp³-hybridized carbons (Fsp3) is 0.133. The number of nitrogens with zero attached hydrogens (tertiary/aromatic N) is 1. The first-order valence-corrected chi connectivity index (χ1v) is 8.58. The number of hydrogen-bond acceptors (Lipinski definition) is 4. The summed E-state index contributed by atoms with van der Waals surface area (Å²) in [5.41, 5.74) is 1.99. The minimum absolute atomic E-state index is 0.121. The van der Waals surface area contributed by atoms with Crippen LogP contribution in [0.25, 0.3) is 0 Å². The fourth-order valence-electron chi connectivity index (χ4n) is 1.97. The number of sulfonamides is 1. The van der Waals surface area contributed by atoms with Gasteiger partial charge in [-0.25, -0.2) is 18.3 Å². The molecule has 24 heavy (non-hydrogen) atoms. The van der Waals surface area contributed by atoms with Gasteiger partial charge in [-0.05, 0) is 42.0 Å². The Bertz CT molecular complexity index is 810. The molecule has 0 aliphatic rings. The van der Waals surface area contributed by atoms with Crippen LogP contribution in [-0.2, 0) is 21.4 Å². The molecule has 0 aromatic heterocycles. The average Bonchev–Trinajstić information content (AvgIpc) is 2.56. The Hall–Kier alpha value is -2.00. The van der Waals surface area contributed by atoms with Gasteiger partial charge in [0.25, 0.3) is 5.91 Å². The number of benzene rings is 2. The largest absolute Gasteiger partial charge is 0.289 e. The third kappa shape index (κ3) is 4.51. The molecule has 2 aromatic carbocycles. The molecular weight excluding hydrogens is 359 g/mol. The molecule has 0 heterocycles. The van der Waals surface area contributed by atoms with Gasteiger partial charge in [-0.2, -0.15) is 4.31 Å². The van der Waals surface area contributed by atoms with Crippen LogP contribution in [0.15, 0.2) is 53.4 Å². The third-order valence-electron chi connectivity index (χ3n) is 3.17. The lowest BCUT2D eigenvalue weighted by Crippen LogP contribution is -2.39. The Morgan fingerprint density at radius 3 is 2.25 bits per heavy atom. The van der Waals surface area contributed by atoms with Gasteiger partial charge in [0.05, 0.1) is 11.4 Å². The van der Waals surface area contributed by atoms with Crippen LogP contribution in [0.1, 0.15) is 5.56 Å². The molecule has 0 aliphatic carbocycles. The van der Waals surface area contributed by atoms with E-state index in [4.69, 9.17) is 16.8 Å². The first-order chi connectivity index (χ1) is 11.3. The smallest absolute Gasteiger partial charge is 0.258 e. The van der Waals surface area contributed by atoms with Gasteiger partial charge >= 0.3 is 0 Å². The van der Waals surface area contributed by atoms with Gasteiger partial charge < -0.3 is 0 Å². The molecule has 0 bridgehead atoms. The van der Waals surface area contributed by atoms with E-state index in [2.05, 4.69) is 0 Å². The lowest BCUT2D eigenvalue weighted by Gasteiger charge is -2.21. The van der Waals surface area contributed by atoms with Crippen molar-refractivity contribution in [2.45, 2.75) is 11.4 Å². The van der Waals surface area contributed by atoms with Crippen LogP contribution in [0.2, 0.25) is 5.02 Å². The van der Waals surface area contributed by atoms with E-state index in [1.54, 1.807) is 24.3 Å². The van der Waals surface area contributed by atoms with Crippen LogP contribution < -0.4 is 5.48 Å². The highest BCUT2D eigenvalue weighted by atomic mass is 35.5. The van der Waals surface area contributed by atoms with Crippen molar-refractivity contribution in [1.29, 1.82) is 0 Å². The second-order valence-electron chi connectivity index (χ2n) is 4.89. The number of nitrogens with one attached hydrogen (secondary N) is 1. The van der Waals surface area contributed by atoms with Crippen molar-refractivity contribution in [1.82, 2.24) is 9.79 Å². The molecule has 0 atom stereocenters. The maximum atomic E-state index is 13.0. The molecule has 2 aromatic rings. The van der Waals surface area contributed by atoms with Gasteiger partial charge in [0, 0.05) is 11.6 Å². The topological polar surface area (TPSA) is 86.7 Å². The second kappa shape index (κ2) is 7.71. The van der Waals surface area contributed by atoms with Crippen molar-refractivity contribution >= 4 is 27.5 Å². The zero-order chi connectivity index (χ0) is 17.7. The summed E-state index contributed by atoms with van der Waals surface area (Å²) in [7, 11) is -4.07. The standard InChI is InChI=1S/C15H14ClFN2O4S/c16-12-3-1-11(2-4-12)9-19(10-15(20)18-21)24(22,23)14-7-5-13(17)6-8-14/h1-8,21H,9-10H2,(H,18,20). The van der Waals surface area contributed by atoms with Crippen LogP contribution >= 0.6 is 11.6 Å². The first kappa shape index (κ1) is 18.3. The molecule has 9 heteroatoms. The van der Waals surface area contributed by atoms with E-state index in [9.17, 15) is 17.6 Å². The van der Waals surface area contributed by atoms with Crippen LogP contribution in [0, 0.1) is 5.82 Å². The van der Waals surface area contributed by atoms with Crippen LogP contribution in [0.4, 0.5) is 4.39 Å². The highest BCUT2D eigenvalue weighted by molar-refractivity contribution is 7.89. The number of hydrogen-bond donors (Lipinski definition) is 2. The highest BCUT2D eigenvalue weighted by Crippen LogP contribution is 2.19. The van der Waals surface area contributed by atoms with Crippen LogP contribution in [0.5, 0.6) is 0 Å². The fourth-order valence-corrected chi connectivity index (χ4v) is 3.48. The summed E-state index contributed by atoms with van der Waals surface area (Å²) >= 11 is 5.79. The quantitative estimate of drug-likeness (QED) is 0.601. The minimum atomic E-state index is -4.07. The van der Waals surface area contributed by atoms with Gasteiger partial charge in [-0.15, -0.1) is 0 Å². The second-order valence-corrected chi connectivity index (χ2v) is 7.26. The lowest BCUT2D eigenvalue weighted by molar-refractivity contribution is -0.129. The molecule has 0 saturated heterocycles. The Morgan fingerprint density at radius 1 is 1.12 bits per heavy atom. The molecule has 2 rings (SSSR count). The van der Waals surface area contributed by atoms with Crippen molar-refractivity contribution in [3.05, 3.63) is 64.9 Å². The molecule has 0 fully saturated rings. The number of rotatable bonds is 6. The molecule has 0 radical (unpaired) electrons. The zero-order valence-electron chi connectivity index (χ0n) is 12.3. The van der Waals surface area contributed by atoms with E-state index >= 15 is 0 Å². The molecule has 6 nitrogen and oxygen atoms in total. The predicted octanol–water partition coefficient (Wildman–Crippen LogP) is 2.18. The lowest BCUT2D eigenvalue weighted by atomic mass is 10.2. The van der Waals surface area contributed by atoms with E-state index in [0.717, 1.165) is 28.6 Å². The number of amides is 1. The number of halogens is 2. The van der Waals surface area contributed by atoms with Crippen LogP contribution in [0.3, 0.4) is 0 Å². The molecule has 0 unspecified atom stereocenters. The van der Waals surface area contributed by atoms with Gasteiger partial charge in [-0.3, -0.25) is 10.0 Å². The van der Waals surface area contributed by atoms with Gasteiger partial charge in [0.1, 0.15) is 5.82 Å².